The standard InChI is InChI=1S/C18H24N2O/c1-19-18-10-5-7-15-13-20(14-17(15)18)11-6-12-21-16-8-3-2-4-9-16/h2-4,8-9,13-14,18-19H,5-7,10-12H2,1H3. The highest BCUT2D eigenvalue weighted by atomic mass is 16.5. The van der Waals surface area contributed by atoms with Crippen LogP contribution in [0.5, 0.6) is 5.75 Å². The van der Waals surface area contributed by atoms with E-state index in [1.807, 2.05) is 30.3 Å². The predicted molar refractivity (Wildman–Crippen MR) is 85.7 cm³/mol. The monoisotopic (exact) mass is 284 g/mol. The molecule has 1 aromatic heterocycles. The minimum atomic E-state index is 0.538. The molecule has 21 heavy (non-hydrogen) atoms. The maximum atomic E-state index is 5.75. The zero-order valence-corrected chi connectivity index (χ0v) is 12.7. The molecule has 1 aromatic carbocycles. The first-order chi connectivity index (χ1) is 10.4. The normalized spacial score (nSPS) is 17.5. The molecule has 1 atom stereocenters. The van der Waals surface area contributed by atoms with E-state index in [4.69, 9.17) is 4.74 Å². The van der Waals surface area contributed by atoms with Crippen LogP contribution in [0, 0.1) is 0 Å². The van der Waals surface area contributed by atoms with Crippen LogP contribution in [0.25, 0.3) is 0 Å². The number of nitrogens with zero attached hydrogens (tertiary/aromatic N) is 1. The molecule has 0 aliphatic heterocycles. The van der Waals surface area contributed by atoms with Crippen molar-refractivity contribution in [2.24, 2.45) is 0 Å². The number of hydrogen-bond donors (Lipinski definition) is 1. The maximum absolute atomic E-state index is 5.75. The third-order valence-corrected chi connectivity index (χ3v) is 4.23. The molecule has 0 saturated carbocycles. The molecule has 2 aromatic rings. The highest BCUT2D eigenvalue weighted by molar-refractivity contribution is 5.30. The number of benzene rings is 1. The Hall–Kier alpha value is -1.74. The van der Waals surface area contributed by atoms with Gasteiger partial charge < -0.3 is 14.6 Å². The first-order valence-electron chi connectivity index (χ1n) is 7.90. The van der Waals surface area contributed by atoms with Gasteiger partial charge in [-0.1, -0.05) is 18.2 Å². The van der Waals surface area contributed by atoms with Gasteiger partial charge in [0.15, 0.2) is 0 Å². The first-order valence-corrected chi connectivity index (χ1v) is 7.90. The Labute approximate surface area is 126 Å². The lowest BCUT2D eigenvalue weighted by atomic mass is 9.91. The summed E-state index contributed by atoms with van der Waals surface area (Å²) >= 11 is 0. The van der Waals surface area contributed by atoms with E-state index < -0.39 is 0 Å². The fourth-order valence-corrected chi connectivity index (χ4v) is 3.13. The van der Waals surface area contributed by atoms with Crippen molar-refractivity contribution in [2.45, 2.75) is 38.3 Å². The Balaban J connectivity index is 1.51. The number of hydrogen-bond acceptors (Lipinski definition) is 2. The minimum absolute atomic E-state index is 0.538. The van der Waals surface area contributed by atoms with E-state index in [9.17, 15) is 0 Å². The molecule has 3 heteroatoms. The molecule has 0 amide bonds. The summed E-state index contributed by atoms with van der Waals surface area (Å²) in [6, 6.07) is 10.6. The van der Waals surface area contributed by atoms with Gasteiger partial charge in [0.2, 0.25) is 0 Å². The van der Waals surface area contributed by atoms with Gasteiger partial charge in [0.1, 0.15) is 5.75 Å². The van der Waals surface area contributed by atoms with Crippen LogP contribution in [0.4, 0.5) is 0 Å². The summed E-state index contributed by atoms with van der Waals surface area (Å²) in [5.74, 6) is 0.958. The van der Waals surface area contributed by atoms with Gasteiger partial charge in [-0.3, -0.25) is 0 Å². The molecule has 1 heterocycles. The Bertz CT molecular complexity index is 562. The van der Waals surface area contributed by atoms with Crippen LogP contribution in [0.15, 0.2) is 42.7 Å². The predicted octanol–water partition coefficient (Wildman–Crippen LogP) is 3.55. The molecule has 1 aliphatic carbocycles. The molecule has 1 N–H and O–H groups in total. The molecular weight excluding hydrogens is 260 g/mol. The molecule has 0 saturated heterocycles. The topological polar surface area (TPSA) is 26.2 Å². The van der Waals surface area contributed by atoms with E-state index in [0.717, 1.165) is 25.3 Å². The smallest absolute Gasteiger partial charge is 0.119 e. The van der Waals surface area contributed by atoms with Gasteiger partial charge in [-0.05, 0) is 56.0 Å². The van der Waals surface area contributed by atoms with Crippen molar-refractivity contribution in [1.82, 2.24) is 9.88 Å². The summed E-state index contributed by atoms with van der Waals surface area (Å²) in [6.45, 7) is 1.79. The van der Waals surface area contributed by atoms with Crippen LogP contribution in [0.1, 0.15) is 36.4 Å². The summed E-state index contributed by atoms with van der Waals surface area (Å²) in [5.41, 5.74) is 3.01. The number of rotatable bonds is 6. The van der Waals surface area contributed by atoms with Crippen molar-refractivity contribution in [3.05, 3.63) is 53.9 Å². The molecule has 3 rings (SSSR count). The second-order valence-electron chi connectivity index (χ2n) is 5.73. The minimum Gasteiger partial charge on any atom is -0.494 e. The molecule has 1 unspecified atom stereocenters. The lowest BCUT2D eigenvalue weighted by molar-refractivity contribution is 0.302. The van der Waals surface area contributed by atoms with E-state index in [2.05, 4.69) is 29.3 Å². The first kappa shape index (κ1) is 14.2. The van der Waals surface area contributed by atoms with Gasteiger partial charge >= 0.3 is 0 Å². The van der Waals surface area contributed by atoms with E-state index >= 15 is 0 Å². The summed E-state index contributed by atoms with van der Waals surface area (Å²) in [6.07, 6.45) is 9.44. The summed E-state index contributed by atoms with van der Waals surface area (Å²) in [4.78, 5) is 0. The number of nitrogens with one attached hydrogen (secondary N) is 1. The Morgan fingerprint density at radius 1 is 1.24 bits per heavy atom. The van der Waals surface area contributed by atoms with Crippen molar-refractivity contribution in [2.75, 3.05) is 13.7 Å². The number of ether oxygens (including phenoxy) is 1. The second kappa shape index (κ2) is 6.81. The molecule has 1 aliphatic rings. The fourth-order valence-electron chi connectivity index (χ4n) is 3.13. The van der Waals surface area contributed by atoms with E-state index in [1.165, 1.54) is 30.4 Å². The second-order valence-corrected chi connectivity index (χ2v) is 5.73. The third kappa shape index (κ3) is 3.48. The third-order valence-electron chi connectivity index (χ3n) is 4.23. The summed E-state index contributed by atoms with van der Waals surface area (Å²) < 4.78 is 8.07. The van der Waals surface area contributed by atoms with E-state index in [0.29, 0.717) is 6.04 Å². The molecule has 0 spiro atoms. The van der Waals surface area contributed by atoms with Crippen LogP contribution < -0.4 is 10.1 Å². The lowest BCUT2D eigenvalue weighted by Crippen LogP contribution is -2.20. The molecular formula is C18H24N2O. The van der Waals surface area contributed by atoms with Gasteiger partial charge in [-0.2, -0.15) is 0 Å². The highest BCUT2D eigenvalue weighted by Gasteiger charge is 2.20. The molecule has 112 valence electrons. The number of fused-ring (bicyclic) bond motifs is 1. The summed E-state index contributed by atoms with van der Waals surface area (Å²) in [7, 11) is 2.06. The van der Waals surface area contributed by atoms with Gasteiger partial charge in [0.25, 0.3) is 0 Å². The number of para-hydroxylation sites is 1. The van der Waals surface area contributed by atoms with Gasteiger partial charge in [-0.25, -0.2) is 0 Å². The van der Waals surface area contributed by atoms with Crippen molar-refractivity contribution < 1.29 is 4.74 Å². The van der Waals surface area contributed by atoms with Crippen LogP contribution in [-0.4, -0.2) is 18.2 Å². The molecule has 0 radical (unpaired) electrons. The molecule has 0 bridgehead atoms. The van der Waals surface area contributed by atoms with Crippen molar-refractivity contribution >= 4 is 0 Å². The Morgan fingerprint density at radius 3 is 2.90 bits per heavy atom. The van der Waals surface area contributed by atoms with Crippen molar-refractivity contribution in [3.8, 4) is 5.75 Å². The van der Waals surface area contributed by atoms with Crippen molar-refractivity contribution in [1.29, 1.82) is 0 Å². The SMILES string of the molecule is CNC1CCCc2cn(CCCOc3ccccc3)cc21. The highest BCUT2D eigenvalue weighted by Crippen LogP contribution is 2.30. The largest absolute Gasteiger partial charge is 0.494 e. The maximum Gasteiger partial charge on any atom is 0.119 e. The number of aromatic nitrogens is 1. The average molecular weight is 284 g/mol. The number of aryl methyl sites for hydroxylation is 2. The zero-order valence-electron chi connectivity index (χ0n) is 12.7. The van der Waals surface area contributed by atoms with Crippen molar-refractivity contribution in [3.63, 3.8) is 0 Å². The molecule has 3 nitrogen and oxygen atoms in total. The van der Waals surface area contributed by atoms with Crippen LogP contribution in [-0.2, 0) is 13.0 Å². The fraction of sp³-hybridized carbons (Fsp3) is 0.444. The Morgan fingerprint density at radius 2 is 2.10 bits per heavy atom. The quantitative estimate of drug-likeness (QED) is 0.821. The van der Waals surface area contributed by atoms with Crippen LogP contribution >= 0.6 is 0 Å². The van der Waals surface area contributed by atoms with Crippen LogP contribution in [0.3, 0.4) is 0 Å². The lowest BCUT2D eigenvalue weighted by Gasteiger charge is -2.21. The van der Waals surface area contributed by atoms with E-state index in [1.54, 1.807) is 0 Å². The van der Waals surface area contributed by atoms with Gasteiger partial charge in [-0.15, -0.1) is 0 Å². The molecule has 0 fully saturated rings. The van der Waals surface area contributed by atoms with Gasteiger partial charge in [0, 0.05) is 25.0 Å². The van der Waals surface area contributed by atoms with Crippen LogP contribution in [0.2, 0.25) is 0 Å². The Kier molecular flexibility index (Phi) is 4.61. The average Bonchev–Trinajstić information content (AvgIpc) is 2.95. The summed E-state index contributed by atoms with van der Waals surface area (Å²) in [5, 5.41) is 3.42. The zero-order chi connectivity index (χ0) is 14.5. The van der Waals surface area contributed by atoms with Gasteiger partial charge in [0.05, 0.1) is 6.61 Å². The van der Waals surface area contributed by atoms with E-state index in [-0.39, 0.29) is 0 Å².